The second-order valence-electron chi connectivity index (χ2n) is 5.93. The van der Waals surface area contributed by atoms with Gasteiger partial charge in [-0.3, -0.25) is 4.79 Å². The first-order chi connectivity index (χ1) is 12.1. The van der Waals surface area contributed by atoms with E-state index in [0.29, 0.717) is 22.0 Å². The Labute approximate surface area is 158 Å². The maximum absolute atomic E-state index is 12.7. The molecule has 0 spiro atoms. The Morgan fingerprint density at radius 2 is 1.88 bits per heavy atom. The Kier molecular flexibility index (Phi) is 6.28. The molecular weight excluding hydrogens is 376 g/mol. The molecule has 2 aromatic carbocycles. The second-order valence-corrected chi connectivity index (χ2v) is 8.35. The van der Waals surface area contributed by atoms with Crippen LogP contribution in [0.1, 0.15) is 11.1 Å². The zero-order valence-electron chi connectivity index (χ0n) is 15.0. The van der Waals surface area contributed by atoms with E-state index in [4.69, 9.17) is 16.3 Å². The first kappa shape index (κ1) is 20.2. The van der Waals surface area contributed by atoms with Gasteiger partial charge in [0.25, 0.3) is 0 Å². The molecule has 2 aromatic rings. The highest BCUT2D eigenvalue weighted by molar-refractivity contribution is 7.89. The molecule has 0 atom stereocenters. The number of halogens is 1. The molecular formula is C18H21ClN2O4S. The fraction of sp³-hybridized carbons (Fsp3) is 0.278. The van der Waals surface area contributed by atoms with Crippen molar-refractivity contribution in [1.29, 1.82) is 0 Å². The number of methoxy groups -OCH3 is 1. The molecule has 6 nitrogen and oxygen atoms in total. The van der Waals surface area contributed by atoms with Gasteiger partial charge in [-0.15, -0.1) is 0 Å². The second kappa shape index (κ2) is 8.07. The summed E-state index contributed by atoms with van der Waals surface area (Å²) < 4.78 is 31.6. The lowest BCUT2D eigenvalue weighted by atomic mass is 10.2. The normalized spacial score (nSPS) is 11.5. The third-order valence-corrected chi connectivity index (χ3v) is 6.07. The first-order valence-corrected chi connectivity index (χ1v) is 9.64. The molecule has 1 N–H and O–H groups in total. The van der Waals surface area contributed by atoms with Crippen LogP contribution in [-0.4, -0.2) is 39.3 Å². The van der Waals surface area contributed by atoms with Crippen molar-refractivity contribution in [1.82, 2.24) is 4.31 Å². The van der Waals surface area contributed by atoms with Gasteiger partial charge in [0.1, 0.15) is 5.75 Å². The number of ether oxygens (including phenoxy) is 1. The van der Waals surface area contributed by atoms with Gasteiger partial charge in [0, 0.05) is 12.7 Å². The molecule has 1 amide bonds. The summed E-state index contributed by atoms with van der Waals surface area (Å²) >= 11 is 6.02. The quantitative estimate of drug-likeness (QED) is 0.813. The van der Waals surface area contributed by atoms with Crippen LogP contribution in [0.25, 0.3) is 0 Å². The van der Waals surface area contributed by atoms with Crippen LogP contribution < -0.4 is 10.1 Å². The highest BCUT2D eigenvalue weighted by atomic mass is 35.5. The molecule has 2 rings (SSSR count). The minimum absolute atomic E-state index is 0.195. The lowest BCUT2D eigenvalue weighted by Gasteiger charge is -2.18. The fourth-order valence-corrected chi connectivity index (χ4v) is 4.08. The van der Waals surface area contributed by atoms with E-state index in [1.165, 1.54) is 20.2 Å². The van der Waals surface area contributed by atoms with Crippen LogP contribution in [0, 0.1) is 13.8 Å². The number of sulfonamides is 1. The monoisotopic (exact) mass is 396 g/mol. The number of rotatable bonds is 6. The average Bonchev–Trinajstić information content (AvgIpc) is 2.57. The summed E-state index contributed by atoms with van der Waals surface area (Å²) in [5.74, 6) is 0.0156. The van der Waals surface area contributed by atoms with Crippen LogP contribution in [0.2, 0.25) is 5.02 Å². The number of aryl methyl sites for hydroxylation is 2. The maximum atomic E-state index is 12.7. The van der Waals surface area contributed by atoms with E-state index >= 15 is 0 Å². The lowest BCUT2D eigenvalue weighted by molar-refractivity contribution is -0.116. The molecule has 0 aliphatic carbocycles. The number of nitrogens with one attached hydrogen (secondary N) is 1. The van der Waals surface area contributed by atoms with Crippen LogP contribution in [0.15, 0.2) is 41.3 Å². The zero-order chi connectivity index (χ0) is 19.5. The first-order valence-electron chi connectivity index (χ1n) is 7.82. The molecule has 0 saturated heterocycles. The van der Waals surface area contributed by atoms with Gasteiger partial charge in [0.2, 0.25) is 15.9 Å². The standard InChI is InChI=1S/C18H21ClN2O4S/c1-12-5-6-13(2)17(9-12)26(23,24)21(3)11-18(22)20-14-7-8-16(25-4)15(19)10-14/h5-10H,11H2,1-4H3,(H,20,22). The molecule has 0 unspecified atom stereocenters. The molecule has 0 bridgehead atoms. The van der Waals surface area contributed by atoms with Crippen LogP contribution in [0.4, 0.5) is 5.69 Å². The van der Waals surface area contributed by atoms with E-state index in [0.717, 1.165) is 9.87 Å². The molecule has 0 radical (unpaired) electrons. The predicted molar refractivity (Wildman–Crippen MR) is 102 cm³/mol. The van der Waals surface area contributed by atoms with Crippen LogP contribution in [0.3, 0.4) is 0 Å². The largest absolute Gasteiger partial charge is 0.495 e. The van der Waals surface area contributed by atoms with Crippen molar-refractivity contribution in [3.63, 3.8) is 0 Å². The van der Waals surface area contributed by atoms with E-state index < -0.39 is 15.9 Å². The molecule has 0 fully saturated rings. The number of carbonyl (C=O) groups excluding carboxylic acids is 1. The molecule has 26 heavy (non-hydrogen) atoms. The Morgan fingerprint density at radius 1 is 1.19 bits per heavy atom. The fourth-order valence-electron chi connectivity index (χ4n) is 2.38. The Morgan fingerprint density at radius 3 is 2.50 bits per heavy atom. The van der Waals surface area contributed by atoms with E-state index in [1.54, 1.807) is 31.2 Å². The minimum atomic E-state index is -3.77. The summed E-state index contributed by atoms with van der Waals surface area (Å²) in [7, 11) is -0.907. The van der Waals surface area contributed by atoms with Crippen molar-refractivity contribution in [2.75, 3.05) is 26.0 Å². The van der Waals surface area contributed by atoms with Gasteiger partial charge >= 0.3 is 0 Å². The van der Waals surface area contributed by atoms with Crippen molar-refractivity contribution in [2.24, 2.45) is 0 Å². The summed E-state index contributed by atoms with van der Waals surface area (Å²) in [5, 5.41) is 2.98. The number of hydrogen-bond donors (Lipinski definition) is 1. The van der Waals surface area contributed by atoms with Gasteiger partial charge in [-0.05, 0) is 49.2 Å². The number of anilines is 1. The summed E-state index contributed by atoms with van der Waals surface area (Å²) in [6, 6.07) is 9.97. The molecule has 0 aliphatic heterocycles. The van der Waals surface area contributed by atoms with Crippen molar-refractivity contribution in [3.8, 4) is 5.75 Å². The highest BCUT2D eigenvalue weighted by Gasteiger charge is 2.24. The summed E-state index contributed by atoms with van der Waals surface area (Å²) in [6.45, 7) is 3.22. The predicted octanol–water partition coefficient (Wildman–Crippen LogP) is 3.22. The van der Waals surface area contributed by atoms with Crippen molar-refractivity contribution in [3.05, 3.63) is 52.5 Å². The van der Waals surface area contributed by atoms with E-state index in [-0.39, 0.29) is 11.4 Å². The topological polar surface area (TPSA) is 75.7 Å². The lowest BCUT2D eigenvalue weighted by Crippen LogP contribution is -2.35. The van der Waals surface area contributed by atoms with Gasteiger partial charge in [-0.1, -0.05) is 23.7 Å². The SMILES string of the molecule is COc1ccc(NC(=O)CN(C)S(=O)(=O)c2cc(C)ccc2C)cc1Cl. The van der Waals surface area contributed by atoms with Gasteiger partial charge in [-0.25, -0.2) is 8.42 Å². The number of amides is 1. The Balaban J connectivity index is 2.13. The number of carbonyl (C=O) groups is 1. The van der Waals surface area contributed by atoms with Crippen molar-refractivity contribution in [2.45, 2.75) is 18.7 Å². The number of likely N-dealkylation sites (N-methyl/N-ethyl adjacent to an activating group) is 1. The van der Waals surface area contributed by atoms with E-state index in [1.807, 2.05) is 13.0 Å². The molecule has 8 heteroatoms. The van der Waals surface area contributed by atoms with Crippen LogP contribution >= 0.6 is 11.6 Å². The van der Waals surface area contributed by atoms with Gasteiger partial charge < -0.3 is 10.1 Å². The third kappa shape index (κ3) is 4.55. The molecule has 0 saturated carbocycles. The van der Waals surface area contributed by atoms with Gasteiger partial charge in [0.05, 0.1) is 23.6 Å². The highest BCUT2D eigenvalue weighted by Crippen LogP contribution is 2.27. The third-order valence-electron chi connectivity index (χ3n) is 3.83. The number of benzene rings is 2. The summed E-state index contributed by atoms with van der Waals surface area (Å²) in [6.07, 6.45) is 0. The molecule has 0 aromatic heterocycles. The van der Waals surface area contributed by atoms with Crippen molar-refractivity contribution >= 4 is 33.2 Å². The van der Waals surface area contributed by atoms with Crippen LogP contribution in [0.5, 0.6) is 5.75 Å². The van der Waals surface area contributed by atoms with Crippen LogP contribution in [-0.2, 0) is 14.8 Å². The average molecular weight is 397 g/mol. The smallest absolute Gasteiger partial charge is 0.243 e. The number of hydrogen-bond acceptors (Lipinski definition) is 4. The molecule has 140 valence electrons. The zero-order valence-corrected chi connectivity index (χ0v) is 16.6. The Bertz CT molecular complexity index is 929. The van der Waals surface area contributed by atoms with E-state index in [2.05, 4.69) is 5.32 Å². The minimum Gasteiger partial charge on any atom is -0.495 e. The molecule has 0 aliphatic rings. The Hall–Kier alpha value is -2.09. The number of nitrogens with zero attached hydrogens (tertiary/aromatic N) is 1. The molecule has 0 heterocycles. The van der Waals surface area contributed by atoms with Gasteiger partial charge in [-0.2, -0.15) is 4.31 Å². The van der Waals surface area contributed by atoms with E-state index in [9.17, 15) is 13.2 Å². The summed E-state index contributed by atoms with van der Waals surface area (Å²) in [5.41, 5.74) is 1.92. The summed E-state index contributed by atoms with van der Waals surface area (Å²) in [4.78, 5) is 12.4. The maximum Gasteiger partial charge on any atom is 0.243 e. The van der Waals surface area contributed by atoms with Gasteiger partial charge in [0.15, 0.2) is 0 Å². The van der Waals surface area contributed by atoms with Crippen molar-refractivity contribution < 1.29 is 17.9 Å².